The Hall–Kier alpha value is -3.98. The molecule has 2 aliphatic rings. The Labute approximate surface area is 241 Å². The van der Waals surface area contributed by atoms with Crippen molar-refractivity contribution in [1.82, 2.24) is 19.5 Å². The van der Waals surface area contributed by atoms with Crippen molar-refractivity contribution < 1.29 is 8.78 Å². The highest BCUT2D eigenvalue weighted by Crippen LogP contribution is 2.35. The Morgan fingerprint density at radius 2 is 1.95 bits per heavy atom. The fraction of sp³-hybridized carbons (Fsp3) is 0.323. The van der Waals surface area contributed by atoms with Gasteiger partial charge in [0, 0.05) is 42.2 Å². The number of rotatable bonds is 8. The largest absolute Gasteiger partial charge is 0.351 e. The van der Waals surface area contributed by atoms with Gasteiger partial charge in [-0.2, -0.15) is 0 Å². The van der Waals surface area contributed by atoms with Crippen LogP contribution in [0.4, 0.5) is 20.7 Å². The monoisotopic (exact) mass is 576 g/mol. The van der Waals surface area contributed by atoms with Gasteiger partial charge in [-0.15, -0.1) is 0 Å². The van der Waals surface area contributed by atoms with E-state index in [1.165, 1.54) is 12.1 Å². The van der Waals surface area contributed by atoms with Crippen LogP contribution >= 0.6 is 11.6 Å². The number of fused-ring (bicyclic) bond motifs is 2. The van der Waals surface area contributed by atoms with Crippen LogP contribution in [0, 0.1) is 0 Å². The van der Waals surface area contributed by atoms with Gasteiger partial charge < -0.3 is 15.2 Å². The maximum atomic E-state index is 14.5. The molecule has 2 aromatic heterocycles. The molecule has 7 nitrogen and oxygen atoms in total. The number of H-pyrrole nitrogens is 1. The van der Waals surface area contributed by atoms with Gasteiger partial charge in [-0.3, -0.25) is 9.36 Å². The Kier molecular flexibility index (Phi) is 7.38. The summed E-state index contributed by atoms with van der Waals surface area (Å²) in [6.45, 7) is 3.15. The summed E-state index contributed by atoms with van der Waals surface area (Å²) in [5, 5.41) is 4.04. The van der Waals surface area contributed by atoms with E-state index >= 15 is 0 Å². The Bertz CT molecular complexity index is 1710. The van der Waals surface area contributed by atoms with Crippen molar-refractivity contribution in [2.75, 3.05) is 16.8 Å². The SMILES string of the molecule is CCCC(F)(F)c1ccc2nc(N3CCc4nc(NCc5ccc(Cl)cc5)n(C5=CC=CCC5)c(=O)c4C3)[nH]c2c1. The Morgan fingerprint density at radius 1 is 1.12 bits per heavy atom. The van der Waals surface area contributed by atoms with Crippen LogP contribution < -0.4 is 15.8 Å². The predicted molar refractivity (Wildman–Crippen MR) is 160 cm³/mol. The standard InChI is InChI=1S/C31H31ClF2N6O/c1-2-15-31(33,34)21-10-13-26-27(17-21)38-30(37-26)39-16-14-25-24(19-39)28(41)40(23-6-4-3-5-7-23)29(36-25)35-18-20-8-11-22(32)12-9-20/h3-4,6,8-13,17H,2,5,7,14-16,18-19H2,1H3,(H,35,36)(H,37,38). The maximum absolute atomic E-state index is 14.5. The van der Waals surface area contributed by atoms with Gasteiger partial charge in [0.25, 0.3) is 11.5 Å². The van der Waals surface area contributed by atoms with Gasteiger partial charge in [-0.1, -0.05) is 55.3 Å². The van der Waals surface area contributed by atoms with E-state index in [0.29, 0.717) is 66.0 Å². The molecular formula is C31H31ClF2N6O. The quantitative estimate of drug-likeness (QED) is 0.235. The average Bonchev–Trinajstić information content (AvgIpc) is 3.41. The van der Waals surface area contributed by atoms with E-state index in [0.717, 1.165) is 29.8 Å². The molecule has 0 radical (unpaired) electrons. The van der Waals surface area contributed by atoms with Crippen LogP contribution in [0.25, 0.3) is 16.7 Å². The minimum atomic E-state index is -2.89. The van der Waals surface area contributed by atoms with Crippen LogP contribution in [-0.2, 0) is 25.4 Å². The number of nitrogens with one attached hydrogen (secondary N) is 2. The van der Waals surface area contributed by atoms with Gasteiger partial charge >= 0.3 is 0 Å². The highest BCUT2D eigenvalue weighted by molar-refractivity contribution is 6.30. The molecule has 1 aliphatic heterocycles. The first-order valence-corrected chi connectivity index (χ1v) is 14.3. The van der Waals surface area contributed by atoms with Crippen molar-refractivity contribution in [3.63, 3.8) is 0 Å². The van der Waals surface area contributed by atoms with Crippen LogP contribution in [0.5, 0.6) is 0 Å². The van der Waals surface area contributed by atoms with Crippen LogP contribution in [-0.4, -0.2) is 26.1 Å². The third kappa shape index (κ3) is 5.51. The molecule has 0 saturated carbocycles. The first-order valence-electron chi connectivity index (χ1n) is 13.9. The number of hydrogen-bond donors (Lipinski definition) is 2. The molecule has 0 fully saturated rings. The molecular weight excluding hydrogens is 546 g/mol. The third-order valence-corrected chi connectivity index (χ3v) is 7.88. The van der Waals surface area contributed by atoms with E-state index in [1.807, 2.05) is 41.3 Å². The zero-order chi connectivity index (χ0) is 28.6. The van der Waals surface area contributed by atoms with Crippen LogP contribution in [0.1, 0.15) is 55.0 Å². The lowest BCUT2D eigenvalue weighted by atomic mass is 10.0. The van der Waals surface area contributed by atoms with E-state index in [4.69, 9.17) is 16.6 Å². The Morgan fingerprint density at radius 3 is 2.71 bits per heavy atom. The number of imidazole rings is 1. The lowest BCUT2D eigenvalue weighted by molar-refractivity contribution is -0.0139. The van der Waals surface area contributed by atoms with Gasteiger partial charge in [-0.25, -0.2) is 18.7 Å². The maximum Gasteiger partial charge on any atom is 0.273 e. The van der Waals surface area contributed by atoms with Crippen molar-refractivity contribution >= 4 is 40.2 Å². The summed E-state index contributed by atoms with van der Waals surface area (Å²) in [5.41, 5.74) is 4.30. The van der Waals surface area contributed by atoms with Crippen molar-refractivity contribution in [2.24, 2.45) is 0 Å². The number of anilines is 2. The highest BCUT2D eigenvalue weighted by Gasteiger charge is 2.31. The lowest BCUT2D eigenvalue weighted by Gasteiger charge is -2.29. The van der Waals surface area contributed by atoms with Crippen molar-refractivity contribution in [3.8, 4) is 0 Å². The topological polar surface area (TPSA) is 78.8 Å². The summed E-state index contributed by atoms with van der Waals surface area (Å²) in [5.74, 6) is -1.82. The number of alkyl halides is 2. The van der Waals surface area contributed by atoms with E-state index in [-0.39, 0.29) is 17.5 Å². The molecule has 0 atom stereocenters. The molecule has 41 heavy (non-hydrogen) atoms. The minimum absolute atomic E-state index is 0.0217. The van der Waals surface area contributed by atoms with Crippen LogP contribution in [0.2, 0.25) is 5.02 Å². The summed E-state index contributed by atoms with van der Waals surface area (Å²) in [4.78, 5) is 28.8. The molecule has 4 aromatic rings. The van der Waals surface area contributed by atoms with Gasteiger partial charge in [0.2, 0.25) is 11.9 Å². The lowest BCUT2D eigenvalue weighted by Crippen LogP contribution is -2.39. The zero-order valence-corrected chi connectivity index (χ0v) is 23.5. The molecule has 2 aromatic carbocycles. The van der Waals surface area contributed by atoms with E-state index in [2.05, 4.69) is 21.4 Å². The van der Waals surface area contributed by atoms with Gasteiger partial charge in [0.1, 0.15) is 0 Å². The summed E-state index contributed by atoms with van der Waals surface area (Å²) < 4.78 is 30.8. The van der Waals surface area contributed by atoms with Crippen molar-refractivity contribution in [3.05, 3.63) is 98.5 Å². The van der Waals surface area contributed by atoms with E-state index in [1.54, 1.807) is 17.6 Å². The molecule has 0 unspecified atom stereocenters. The number of nitrogens with zero attached hydrogens (tertiary/aromatic N) is 4. The number of hydrogen-bond acceptors (Lipinski definition) is 5. The average molecular weight is 577 g/mol. The second kappa shape index (κ2) is 11.1. The number of halogens is 3. The zero-order valence-electron chi connectivity index (χ0n) is 22.8. The number of allylic oxidation sites excluding steroid dienone is 4. The molecule has 3 heterocycles. The molecule has 212 valence electrons. The summed E-state index contributed by atoms with van der Waals surface area (Å²) in [7, 11) is 0. The van der Waals surface area contributed by atoms with E-state index < -0.39 is 5.92 Å². The Balaban J connectivity index is 1.32. The highest BCUT2D eigenvalue weighted by atomic mass is 35.5. The van der Waals surface area contributed by atoms with Gasteiger partial charge in [-0.05, 0) is 48.7 Å². The molecule has 6 rings (SSSR count). The predicted octanol–water partition coefficient (Wildman–Crippen LogP) is 7.03. The molecule has 0 amide bonds. The van der Waals surface area contributed by atoms with Crippen molar-refractivity contribution in [1.29, 1.82) is 0 Å². The molecule has 2 N–H and O–H groups in total. The molecule has 0 saturated heterocycles. The first-order chi connectivity index (χ1) is 19.8. The normalized spacial score (nSPS) is 15.2. The molecule has 1 aliphatic carbocycles. The first kappa shape index (κ1) is 27.2. The molecule has 0 spiro atoms. The third-order valence-electron chi connectivity index (χ3n) is 7.63. The summed E-state index contributed by atoms with van der Waals surface area (Å²) >= 11 is 6.04. The van der Waals surface area contributed by atoms with Crippen molar-refractivity contribution in [2.45, 2.75) is 58.0 Å². The summed E-state index contributed by atoms with van der Waals surface area (Å²) in [6.07, 6.45) is 8.31. The second-order valence-electron chi connectivity index (χ2n) is 10.5. The van der Waals surface area contributed by atoms with E-state index in [9.17, 15) is 13.6 Å². The fourth-order valence-electron chi connectivity index (χ4n) is 5.43. The molecule has 10 heteroatoms. The molecule has 0 bridgehead atoms. The smallest absolute Gasteiger partial charge is 0.273 e. The van der Waals surface area contributed by atoms with Gasteiger partial charge in [0.05, 0.1) is 28.8 Å². The van der Waals surface area contributed by atoms with Crippen LogP contribution in [0.15, 0.2) is 65.5 Å². The second-order valence-corrected chi connectivity index (χ2v) is 11.0. The minimum Gasteiger partial charge on any atom is -0.351 e. The number of aromatic nitrogens is 4. The fourth-order valence-corrected chi connectivity index (χ4v) is 5.56. The van der Waals surface area contributed by atoms with Gasteiger partial charge in [0.15, 0.2) is 0 Å². The number of aromatic amines is 1. The summed E-state index contributed by atoms with van der Waals surface area (Å²) in [6, 6.07) is 12.1. The van der Waals surface area contributed by atoms with Crippen LogP contribution in [0.3, 0.4) is 0 Å². The number of benzene rings is 2.